The molecule has 2 aliphatic rings. The number of allylic oxidation sites excluding steroid dienone is 1. The number of fused-ring (bicyclic) bond motifs is 2. The Labute approximate surface area is 192 Å². The Morgan fingerprint density at radius 2 is 1.58 bits per heavy atom. The number of benzene rings is 2. The van der Waals surface area contributed by atoms with Crippen molar-refractivity contribution < 1.29 is 24.0 Å². The zero-order valence-electron chi connectivity index (χ0n) is 18.6. The summed E-state index contributed by atoms with van der Waals surface area (Å²) in [6, 6.07) is 15.9. The molecule has 0 atom stereocenters. The van der Waals surface area contributed by atoms with Crippen LogP contribution in [0, 0.1) is 0 Å². The number of carbonyl (C=O) groups excluding carboxylic acids is 4. The molecule has 0 aliphatic carbocycles. The number of unbranched alkanes of at least 4 members (excludes halogenated alkanes) is 1. The zero-order valence-corrected chi connectivity index (χ0v) is 18.6. The summed E-state index contributed by atoms with van der Waals surface area (Å²) in [6.45, 7) is 2.52. The first kappa shape index (κ1) is 22.5. The van der Waals surface area contributed by atoms with Crippen LogP contribution in [0.4, 0.5) is 5.69 Å². The van der Waals surface area contributed by atoms with E-state index in [0.717, 1.165) is 28.0 Å². The monoisotopic (exact) mass is 446 g/mol. The largest absolute Gasteiger partial charge is 0.333 e. The molecule has 7 heteroatoms. The summed E-state index contributed by atoms with van der Waals surface area (Å²) in [5.74, 6) is -1.66. The van der Waals surface area contributed by atoms with Gasteiger partial charge in [0.25, 0.3) is 11.8 Å². The molecule has 0 aromatic heterocycles. The Kier molecular flexibility index (Phi) is 6.68. The van der Waals surface area contributed by atoms with Crippen molar-refractivity contribution >= 4 is 41.0 Å². The van der Waals surface area contributed by atoms with Gasteiger partial charge in [0.15, 0.2) is 0 Å². The molecule has 2 aromatic carbocycles. The van der Waals surface area contributed by atoms with E-state index in [2.05, 4.69) is 12.1 Å². The van der Waals surface area contributed by atoms with Gasteiger partial charge in [-0.15, -0.1) is 5.06 Å². The third-order valence-electron chi connectivity index (χ3n) is 5.90. The Hall–Kier alpha value is -3.74. The Bertz CT molecular complexity index is 1120. The molecule has 0 saturated carbocycles. The molecule has 0 N–H and O–H groups in total. The highest BCUT2D eigenvalue weighted by Gasteiger charge is 2.32. The average molecular weight is 447 g/mol. The van der Waals surface area contributed by atoms with E-state index in [1.54, 1.807) is 0 Å². The maximum Gasteiger partial charge on any atom is 0.333 e. The van der Waals surface area contributed by atoms with Crippen LogP contribution in [0.2, 0.25) is 0 Å². The van der Waals surface area contributed by atoms with E-state index >= 15 is 0 Å². The molecule has 0 unspecified atom stereocenters. The highest BCUT2D eigenvalue weighted by molar-refractivity contribution is 6.01. The van der Waals surface area contributed by atoms with Crippen LogP contribution in [-0.4, -0.2) is 28.8 Å². The summed E-state index contributed by atoms with van der Waals surface area (Å²) in [7, 11) is 0. The summed E-state index contributed by atoms with van der Waals surface area (Å²) < 4.78 is 0. The minimum Gasteiger partial charge on any atom is -0.330 e. The number of nitrogens with zero attached hydrogens (tertiary/aromatic N) is 2. The van der Waals surface area contributed by atoms with Crippen LogP contribution in [0.25, 0.3) is 11.6 Å². The minimum atomic E-state index is -0.641. The lowest BCUT2D eigenvalue weighted by molar-refractivity contribution is -0.197. The van der Waals surface area contributed by atoms with Gasteiger partial charge in [0.2, 0.25) is 5.91 Å². The summed E-state index contributed by atoms with van der Waals surface area (Å²) in [5.41, 5.74) is 5.14. The fourth-order valence-corrected chi connectivity index (χ4v) is 4.14. The molecule has 2 aliphatic heterocycles. The number of anilines is 1. The molecular formula is C26H26N2O5. The fraction of sp³-hybridized carbons (Fsp3) is 0.308. The van der Waals surface area contributed by atoms with Crippen molar-refractivity contribution in [3.05, 3.63) is 65.2 Å². The summed E-state index contributed by atoms with van der Waals surface area (Å²) in [5, 5.41) is 0.553. The van der Waals surface area contributed by atoms with Gasteiger partial charge in [-0.25, -0.2) is 4.79 Å². The van der Waals surface area contributed by atoms with Crippen LogP contribution in [0.3, 0.4) is 0 Å². The second-order valence-electron chi connectivity index (χ2n) is 8.28. The zero-order chi connectivity index (χ0) is 23.4. The van der Waals surface area contributed by atoms with Crippen molar-refractivity contribution in [3.8, 4) is 0 Å². The maximum absolute atomic E-state index is 13.2. The molecule has 3 amide bonds. The van der Waals surface area contributed by atoms with Crippen LogP contribution >= 0.6 is 0 Å². The molecule has 2 aromatic rings. The van der Waals surface area contributed by atoms with Gasteiger partial charge in [0.1, 0.15) is 0 Å². The minimum absolute atomic E-state index is 0.0229. The summed E-state index contributed by atoms with van der Waals surface area (Å²) >= 11 is 0. The SMILES string of the molecule is C/C1=C/c2ccccc2CN(C(=O)CCCCC(=O)ON2C(=O)CCC2=O)c2ccccc21. The van der Waals surface area contributed by atoms with E-state index in [-0.39, 0.29) is 31.6 Å². The molecule has 2 heterocycles. The number of imide groups is 1. The fourth-order valence-electron chi connectivity index (χ4n) is 4.14. The second-order valence-corrected chi connectivity index (χ2v) is 8.28. The third kappa shape index (κ3) is 5.03. The highest BCUT2D eigenvalue weighted by Crippen LogP contribution is 2.33. The van der Waals surface area contributed by atoms with Crippen molar-refractivity contribution in [3.63, 3.8) is 0 Å². The quantitative estimate of drug-likeness (QED) is 0.489. The lowest BCUT2D eigenvalue weighted by atomic mass is 9.96. The van der Waals surface area contributed by atoms with Gasteiger partial charge in [0.05, 0.1) is 12.2 Å². The number of rotatable bonds is 6. The van der Waals surface area contributed by atoms with Crippen LogP contribution in [0.15, 0.2) is 48.5 Å². The average Bonchev–Trinajstić information content (AvgIpc) is 3.12. The first-order valence-corrected chi connectivity index (χ1v) is 11.2. The molecule has 33 heavy (non-hydrogen) atoms. The number of hydrogen-bond acceptors (Lipinski definition) is 5. The molecule has 0 spiro atoms. The van der Waals surface area contributed by atoms with Crippen molar-refractivity contribution in [1.29, 1.82) is 0 Å². The van der Waals surface area contributed by atoms with Gasteiger partial charge in [-0.05, 0) is 42.5 Å². The normalized spacial score (nSPS) is 16.9. The first-order valence-electron chi connectivity index (χ1n) is 11.2. The highest BCUT2D eigenvalue weighted by atomic mass is 16.7. The topological polar surface area (TPSA) is 84.0 Å². The third-order valence-corrected chi connectivity index (χ3v) is 5.90. The van der Waals surface area contributed by atoms with E-state index < -0.39 is 17.8 Å². The van der Waals surface area contributed by atoms with Crippen LogP contribution in [0.5, 0.6) is 0 Å². The first-order chi connectivity index (χ1) is 15.9. The number of carbonyl (C=O) groups is 4. The lowest BCUT2D eigenvalue weighted by Crippen LogP contribution is -2.32. The van der Waals surface area contributed by atoms with Gasteiger partial charge >= 0.3 is 5.97 Å². The second kappa shape index (κ2) is 9.81. The van der Waals surface area contributed by atoms with E-state index in [1.165, 1.54) is 0 Å². The van der Waals surface area contributed by atoms with Crippen LogP contribution in [-0.2, 0) is 30.6 Å². The molecule has 7 nitrogen and oxygen atoms in total. The van der Waals surface area contributed by atoms with Gasteiger partial charge in [0, 0.05) is 31.2 Å². The Morgan fingerprint density at radius 1 is 0.909 bits per heavy atom. The molecule has 0 radical (unpaired) electrons. The van der Waals surface area contributed by atoms with Gasteiger partial charge in [-0.3, -0.25) is 14.4 Å². The summed E-state index contributed by atoms with van der Waals surface area (Å²) in [4.78, 5) is 55.0. The van der Waals surface area contributed by atoms with Crippen molar-refractivity contribution in [2.75, 3.05) is 4.90 Å². The number of hydroxylamine groups is 2. The smallest absolute Gasteiger partial charge is 0.330 e. The van der Waals surface area contributed by atoms with Gasteiger partial charge in [-0.1, -0.05) is 48.5 Å². The van der Waals surface area contributed by atoms with Crippen LogP contribution < -0.4 is 4.90 Å². The number of para-hydroxylation sites is 1. The number of amides is 3. The lowest BCUT2D eigenvalue weighted by Gasteiger charge is -2.28. The van der Waals surface area contributed by atoms with E-state index in [1.807, 2.05) is 54.3 Å². The van der Waals surface area contributed by atoms with Crippen molar-refractivity contribution in [1.82, 2.24) is 5.06 Å². The number of hydrogen-bond donors (Lipinski definition) is 0. The Morgan fingerprint density at radius 3 is 2.36 bits per heavy atom. The Balaban J connectivity index is 1.40. The molecule has 1 saturated heterocycles. The molecule has 1 fully saturated rings. The maximum atomic E-state index is 13.2. The van der Waals surface area contributed by atoms with Crippen molar-refractivity contribution in [2.45, 2.75) is 52.0 Å². The molecule has 0 bridgehead atoms. The van der Waals surface area contributed by atoms with E-state index in [4.69, 9.17) is 4.84 Å². The predicted octanol–water partition coefficient (Wildman–Crippen LogP) is 4.26. The standard InChI is InChI=1S/C26H26N2O5/c1-18-16-19-8-2-3-9-20(19)17-27(22-11-5-4-10-21(18)22)23(29)12-6-7-13-26(32)33-28-24(30)14-15-25(28)31/h2-5,8-11,16H,6-7,12-15,17H2,1H3/b18-16-. The molecule has 4 rings (SSSR count). The van der Waals surface area contributed by atoms with Gasteiger partial charge in [-0.2, -0.15) is 0 Å². The molecule has 170 valence electrons. The van der Waals surface area contributed by atoms with E-state index in [0.29, 0.717) is 24.4 Å². The van der Waals surface area contributed by atoms with E-state index in [9.17, 15) is 19.2 Å². The van der Waals surface area contributed by atoms with Crippen LogP contribution in [0.1, 0.15) is 62.1 Å². The summed E-state index contributed by atoms with van der Waals surface area (Å²) in [6.07, 6.45) is 3.50. The predicted molar refractivity (Wildman–Crippen MR) is 123 cm³/mol. The molecular weight excluding hydrogens is 420 g/mol. The van der Waals surface area contributed by atoms with Crippen molar-refractivity contribution in [2.24, 2.45) is 0 Å². The van der Waals surface area contributed by atoms with Gasteiger partial charge < -0.3 is 9.74 Å².